The van der Waals surface area contributed by atoms with E-state index in [1.165, 1.54) is 45.1 Å². The molecule has 106 valence electrons. The van der Waals surface area contributed by atoms with E-state index in [9.17, 15) is 0 Å². The second-order valence-corrected chi connectivity index (χ2v) is 7.31. The lowest BCUT2D eigenvalue weighted by Crippen LogP contribution is -2.37. The summed E-state index contributed by atoms with van der Waals surface area (Å²) in [7, 11) is 0. The Morgan fingerprint density at radius 1 is 1.06 bits per heavy atom. The summed E-state index contributed by atoms with van der Waals surface area (Å²) in [6, 6.07) is 0.880. The summed E-state index contributed by atoms with van der Waals surface area (Å²) in [4.78, 5) is 0. The average molecular weight is 251 g/mol. The number of hydrogen-bond donors (Lipinski definition) is 1. The molecule has 0 amide bonds. The molecular formula is C17H33N. The van der Waals surface area contributed by atoms with Gasteiger partial charge in [-0.05, 0) is 68.2 Å². The van der Waals surface area contributed by atoms with Gasteiger partial charge in [-0.25, -0.2) is 0 Å². The third-order valence-corrected chi connectivity index (χ3v) is 5.65. The van der Waals surface area contributed by atoms with Crippen molar-refractivity contribution in [2.45, 2.75) is 72.3 Å². The lowest BCUT2D eigenvalue weighted by molar-refractivity contribution is 0.101. The Hall–Kier alpha value is -0.0400. The van der Waals surface area contributed by atoms with Gasteiger partial charge in [-0.3, -0.25) is 0 Å². The van der Waals surface area contributed by atoms with Crippen molar-refractivity contribution < 1.29 is 0 Å². The topological polar surface area (TPSA) is 12.0 Å². The molecule has 4 unspecified atom stereocenters. The molecule has 0 aromatic heterocycles. The SMILES string of the molecule is CCC(C)C1CC(C(C)C)CCC1CNC1CC1. The van der Waals surface area contributed by atoms with Crippen LogP contribution in [0.15, 0.2) is 0 Å². The van der Waals surface area contributed by atoms with Gasteiger partial charge in [-0.2, -0.15) is 0 Å². The summed E-state index contributed by atoms with van der Waals surface area (Å²) in [6.45, 7) is 11.0. The molecule has 4 atom stereocenters. The Bertz CT molecular complexity index is 244. The van der Waals surface area contributed by atoms with Gasteiger partial charge >= 0.3 is 0 Å². The van der Waals surface area contributed by atoms with Crippen LogP contribution in [0, 0.1) is 29.6 Å². The first-order valence-electron chi connectivity index (χ1n) is 8.35. The summed E-state index contributed by atoms with van der Waals surface area (Å²) >= 11 is 0. The van der Waals surface area contributed by atoms with Crippen LogP contribution in [-0.4, -0.2) is 12.6 Å². The molecule has 0 radical (unpaired) electrons. The lowest BCUT2D eigenvalue weighted by Gasteiger charge is -2.41. The zero-order valence-electron chi connectivity index (χ0n) is 12.9. The molecule has 0 aliphatic heterocycles. The van der Waals surface area contributed by atoms with Crippen LogP contribution in [0.4, 0.5) is 0 Å². The van der Waals surface area contributed by atoms with Crippen molar-refractivity contribution in [2.75, 3.05) is 6.54 Å². The van der Waals surface area contributed by atoms with E-state index >= 15 is 0 Å². The smallest absolute Gasteiger partial charge is 0.00683 e. The first-order chi connectivity index (χ1) is 8.61. The van der Waals surface area contributed by atoms with E-state index in [4.69, 9.17) is 0 Å². The van der Waals surface area contributed by atoms with Crippen molar-refractivity contribution in [3.63, 3.8) is 0 Å². The van der Waals surface area contributed by atoms with E-state index in [-0.39, 0.29) is 0 Å². The molecule has 2 aliphatic rings. The quantitative estimate of drug-likeness (QED) is 0.734. The van der Waals surface area contributed by atoms with Crippen molar-refractivity contribution in [3.8, 4) is 0 Å². The van der Waals surface area contributed by atoms with Gasteiger partial charge < -0.3 is 5.32 Å². The van der Waals surface area contributed by atoms with Crippen molar-refractivity contribution in [1.82, 2.24) is 5.32 Å². The number of hydrogen-bond acceptors (Lipinski definition) is 1. The highest BCUT2D eigenvalue weighted by molar-refractivity contribution is 4.88. The molecule has 1 N–H and O–H groups in total. The molecule has 18 heavy (non-hydrogen) atoms. The lowest BCUT2D eigenvalue weighted by atomic mass is 9.66. The molecule has 0 heterocycles. The van der Waals surface area contributed by atoms with E-state index < -0.39 is 0 Å². The highest BCUT2D eigenvalue weighted by atomic mass is 14.9. The summed E-state index contributed by atoms with van der Waals surface area (Å²) < 4.78 is 0. The fraction of sp³-hybridized carbons (Fsp3) is 1.00. The normalized spacial score (nSPS) is 34.8. The van der Waals surface area contributed by atoms with Gasteiger partial charge in [0, 0.05) is 6.04 Å². The molecule has 0 saturated heterocycles. The molecule has 1 heteroatoms. The Balaban J connectivity index is 1.89. The predicted octanol–water partition coefficient (Wildman–Crippen LogP) is 4.47. The molecule has 2 saturated carbocycles. The van der Waals surface area contributed by atoms with Crippen LogP contribution < -0.4 is 5.32 Å². The van der Waals surface area contributed by atoms with Crippen molar-refractivity contribution in [1.29, 1.82) is 0 Å². The van der Waals surface area contributed by atoms with Gasteiger partial charge in [0.1, 0.15) is 0 Å². The van der Waals surface area contributed by atoms with Crippen molar-refractivity contribution >= 4 is 0 Å². The summed E-state index contributed by atoms with van der Waals surface area (Å²) in [5.74, 6) is 4.71. The highest BCUT2D eigenvalue weighted by Gasteiger charge is 2.35. The minimum Gasteiger partial charge on any atom is -0.314 e. The Kier molecular flexibility index (Phi) is 5.12. The predicted molar refractivity (Wildman–Crippen MR) is 79.6 cm³/mol. The number of nitrogens with one attached hydrogen (secondary N) is 1. The average Bonchev–Trinajstić information content (AvgIpc) is 3.19. The van der Waals surface area contributed by atoms with Gasteiger partial charge in [-0.1, -0.05) is 34.1 Å². The fourth-order valence-electron chi connectivity index (χ4n) is 3.77. The van der Waals surface area contributed by atoms with Crippen LogP contribution in [0.5, 0.6) is 0 Å². The van der Waals surface area contributed by atoms with E-state index in [0.29, 0.717) is 0 Å². The van der Waals surface area contributed by atoms with Crippen LogP contribution in [0.2, 0.25) is 0 Å². The third kappa shape index (κ3) is 3.73. The van der Waals surface area contributed by atoms with Gasteiger partial charge in [0.2, 0.25) is 0 Å². The summed E-state index contributed by atoms with van der Waals surface area (Å²) in [6.07, 6.45) is 8.64. The van der Waals surface area contributed by atoms with Crippen LogP contribution in [0.1, 0.15) is 66.2 Å². The molecule has 0 bridgehead atoms. The monoisotopic (exact) mass is 251 g/mol. The van der Waals surface area contributed by atoms with E-state index in [0.717, 1.165) is 35.6 Å². The molecule has 0 aromatic carbocycles. The largest absolute Gasteiger partial charge is 0.314 e. The van der Waals surface area contributed by atoms with Gasteiger partial charge in [0.15, 0.2) is 0 Å². The zero-order valence-corrected chi connectivity index (χ0v) is 12.9. The van der Waals surface area contributed by atoms with E-state index in [2.05, 4.69) is 33.0 Å². The first kappa shape index (κ1) is 14.4. The maximum Gasteiger partial charge on any atom is 0.00683 e. The summed E-state index contributed by atoms with van der Waals surface area (Å²) in [5.41, 5.74) is 0. The minimum absolute atomic E-state index is 0.880. The van der Waals surface area contributed by atoms with E-state index in [1.807, 2.05) is 0 Å². The van der Waals surface area contributed by atoms with Crippen molar-refractivity contribution in [3.05, 3.63) is 0 Å². The maximum absolute atomic E-state index is 3.78. The van der Waals surface area contributed by atoms with Gasteiger partial charge in [0.05, 0.1) is 0 Å². The van der Waals surface area contributed by atoms with Gasteiger partial charge in [-0.15, -0.1) is 0 Å². The summed E-state index contributed by atoms with van der Waals surface area (Å²) in [5, 5.41) is 3.78. The zero-order chi connectivity index (χ0) is 13.1. The molecule has 2 fully saturated rings. The van der Waals surface area contributed by atoms with Crippen LogP contribution in [0.25, 0.3) is 0 Å². The third-order valence-electron chi connectivity index (χ3n) is 5.65. The standard InChI is InChI=1S/C17H33N/c1-5-13(4)17-10-14(12(2)3)6-7-15(17)11-18-16-8-9-16/h12-18H,5-11H2,1-4H3. The second kappa shape index (κ2) is 6.41. The molecule has 1 nitrogen and oxygen atoms in total. The first-order valence-corrected chi connectivity index (χ1v) is 8.35. The maximum atomic E-state index is 3.78. The van der Waals surface area contributed by atoms with Crippen LogP contribution >= 0.6 is 0 Å². The molecule has 0 spiro atoms. The number of rotatable bonds is 6. The highest BCUT2D eigenvalue weighted by Crippen LogP contribution is 2.42. The molecule has 2 rings (SSSR count). The Morgan fingerprint density at radius 3 is 2.33 bits per heavy atom. The Labute approximate surface area is 114 Å². The van der Waals surface area contributed by atoms with E-state index in [1.54, 1.807) is 0 Å². The fourth-order valence-corrected chi connectivity index (χ4v) is 3.77. The minimum atomic E-state index is 0.880. The second-order valence-electron chi connectivity index (χ2n) is 7.31. The van der Waals surface area contributed by atoms with Crippen LogP contribution in [0.3, 0.4) is 0 Å². The van der Waals surface area contributed by atoms with Gasteiger partial charge in [0.25, 0.3) is 0 Å². The molecule has 0 aromatic rings. The van der Waals surface area contributed by atoms with Crippen LogP contribution in [-0.2, 0) is 0 Å². The Morgan fingerprint density at radius 2 is 1.78 bits per heavy atom. The van der Waals surface area contributed by atoms with Crippen molar-refractivity contribution in [2.24, 2.45) is 29.6 Å². The molecular weight excluding hydrogens is 218 g/mol. The molecule has 2 aliphatic carbocycles.